The van der Waals surface area contributed by atoms with Crippen LogP contribution in [0.25, 0.3) is 0 Å². The molecular weight excluding hydrogens is 150 g/mol. The zero-order valence-corrected chi connectivity index (χ0v) is 6.25. The van der Waals surface area contributed by atoms with Gasteiger partial charge >= 0.3 is 0 Å². The van der Waals surface area contributed by atoms with Gasteiger partial charge in [-0.3, -0.25) is 0 Å². The van der Waals surface area contributed by atoms with E-state index in [1.807, 2.05) is 0 Å². The molecule has 0 aromatic carbocycles. The van der Waals surface area contributed by atoms with Crippen LogP contribution in [0, 0.1) is 0 Å². The number of hydrogen-bond donors (Lipinski definition) is 3. The van der Waals surface area contributed by atoms with Gasteiger partial charge in [-0.2, -0.15) is 0 Å². The fourth-order valence-corrected chi connectivity index (χ4v) is 0.650. The molecule has 0 amide bonds. The number of carbonyl (C=O) groups is 1. The summed E-state index contributed by atoms with van der Waals surface area (Å²) in [7, 11) is 0. The summed E-state index contributed by atoms with van der Waals surface area (Å²) in [6.07, 6.45) is 0.894. The molecule has 0 aliphatic rings. The van der Waals surface area contributed by atoms with Gasteiger partial charge in [0.05, 0.1) is 6.54 Å². The van der Waals surface area contributed by atoms with Crippen LogP contribution in [0.1, 0.15) is 19.3 Å². The Morgan fingerprint density at radius 1 is 1.45 bits per heavy atom. The maximum atomic E-state index is 9.99. The summed E-state index contributed by atoms with van der Waals surface area (Å²) in [6, 6.07) is 0. The average Bonchev–Trinajstić information content (AvgIpc) is 1.88. The summed E-state index contributed by atoms with van der Waals surface area (Å²) in [6.45, 7) is 0.656. The summed E-state index contributed by atoms with van der Waals surface area (Å²) in [5.74, 6) is -4.52. The van der Waals surface area contributed by atoms with E-state index in [4.69, 9.17) is 10.2 Å². The molecule has 0 atom stereocenters. The molecule has 0 aliphatic heterocycles. The Balaban J connectivity index is 3.64. The van der Waals surface area contributed by atoms with Crippen molar-refractivity contribution < 1.29 is 25.8 Å². The molecule has 66 valence electrons. The van der Waals surface area contributed by atoms with Gasteiger partial charge in [-0.1, -0.05) is 0 Å². The summed E-state index contributed by atoms with van der Waals surface area (Å²) in [4.78, 5) is 9.99. The third-order valence-electron chi connectivity index (χ3n) is 1.35. The predicted octanol–water partition coefficient (Wildman–Crippen LogP) is -3.17. The zero-order valence-electron chi connectivity index (χ0n) is 6.25. The van der Waals surface area contributed by atoms with Crippen LogP contribution in [0.2, 0.25) is 0 Å². The lowest BCUT2D eigenvalue weighted by Gasteiger charge is -2.21. The van der Waals surface area contributed by atoms with Crippen molar-refractivity contribution in [3.05, 3.63) is 0 Å². The van der Waals surface area contributed by atoms with Crippen LogP contribution < -0.4 is 10.8 Å². The van der Waals surface area contributed by atoms with E-state index < -0.39 is 11.8 Å². The highest BCUT2D eigenvalue weighted by Gasteiger charge is 2.23. The number of hydrogen-bond acceptors (Lipinski definition) is 4. The molecule has 0 fully saturated rings. The van der Waals surface area contributed by atoms with Gasteiger partial charge in [0.25, 0.3) is 0 Å². The van der Waals surface area contributed by atoms with Crippen molar-refractivity contribution in [3.63, 3.8) is 0 Å². The van der Waals surface area contributed by atoms with Gasteiger partial charge in [0.2, 0.25) is 5.79 Å². The van der Waals surface area contributed by atoms with E-state index in [2.05, 4.69) is 5.73 Å². The molecule has 0 bridgehead atoms. The van der Waals surface area contributed by atoms with Crippen molar-refractivity contribution in [3.8, 4) is 0 Å². The number of quaternary nitrogens is 1. The van der Waals surface area contributed by atoms with E-state index >= 15 is 0 Å². The molecular formula is C6H13NO4. The second-order valence-electron chi connectivity index (χ2n) is 2.41. The smallest absolute Gasteiger partial charge is 0.204 e. The number of carboxylic acid groups (broad SMARTS) is 1. The van der Waals surface area contributed by atoms with Gasteiger partial charge in [0.1, 0.15) is 5.97 Å². The van der Waals surface area contributed by atoms with E-state index in [-0.39, 0.29) is 6.42 Å². The Morgan fingerprint density at radius 3 is 2.36 bits per heavy atom. The standard InChI is InChI=1S/C6H13NO4/c7-4-2-1-3-6(10,11)5(8)9/h10-11H,1-4,7H2,(H,8,9). The lowest BCUT2D eigenvalue weighted by Crippen LogP contribution is -2.51. The van der Waals surface area contributed by atoms with Crippen LogP contribution in [0.4, 0.5) is 0 Å². The van der Waals surface area contributed by atoms with Crippen molar-refractivity contribution in [1.29, 1.82) is 0 Å². The highest BCUT2D eigenvalue weighted by Crippen LogP contribution is 2.08. The largest absolute Gasteiger partial charge is 0.544 e. The second-order valence-corrected chi connectivity index (χ2v) is 2.41. The molecule has 0 heterocycles. The normalized spacial score (nSPS) is 11.5. The van der Waals surface area contributed by atoms with Crippen molar-refractivity contribution in [1.82, 2.24) is 0 Å². The van der Waals surface area contributed by atoms with Gasteiger partial charge in [-0.05, 0) is 12.8 Å². The molecule has 0 aromatic heterocycles. The van der Waals surface area contributed by atoms with E-state index in [9.17, 15) is 9.90 Å². The number of aliphatic carboxylic acids is 1. The van der Waals surface area contributed by atoms with Crippen LogP contribution in [0.15, 0.2) is 0 Å². The maximum Gasteiger partial charge on any atom is 0.204 e. The quantitative estimate of drug-likeness (QED) is 0.293. The Morgan fingerprint density at radius 2 is 2.00 bits per heavy atom. The van der Waals surface area contributed by atoms with Crippen molar-refractivity contribution in [2.45, 2.75) is 25.0 Å². The van der Waals surface area contributed by atoms with Crippen molar-refractivity contribution in [2.24, 2.45) is 0 Å². The minimum Gasteiger partial charge on any atom is -0.544 e. The van der Waals surface area contributed by atoms with Crippen LogP contribution in [-0.4, -0.2) is 28.5 Å². The SMILES string of the molecule is [NH3+]CCCCC(O)(O)C(=O)[O-]. The molecule has 5 N–H and O–H groups in total. The number of rotatable bonds is 5. The fraction of sp³-hybridized carbons (Fsp3) is 0.833. The topological polar surface area (TPSA) is 108 Å². The van der Waals surface area contributed by atoms with Gasteiger partial charge in [-0.15, -0.1) is 0 Å². The number of carbonyl (C=O) groups excluding carboxylic acids is 1. The summed E-state index contributed by atoms with van der Waals surface area (Å²) in [5, 5.41) is 27.4. The van der Waals surface area contributed by atoms with Crippen LogP contribution in [-0.2, 0) is 4.79 Å². The van der Waals surface area contributed by atoms with E-state index in [0.29, 0.717) is 19.4 Å². The van der Waals surface area contributed by atoms with Crippen LogP contribution >= 0.6 is 0 Å². The molecule has 5 heteroatoms. The molecule has 0 aromatic rings. The first kappa shape index (κ1) is 10.3. The minimum atomic E-state index is -2.67. The van der Waals surface area contributed by atoms with Gasteiger partial charge < -0.3 is 25.8 Å². The highest BCUT2D eigenvalue weighted by atomic mass is 16.5. The Kier molecular flexibility index (Phi) is 4.02. The van der Waals surface area contributed by atoms with Crippen molar-refractivity contribution >= 4 is 5.97 Å². The maximum absolute atomic E-state index is 9.99. The third kappa shape index (κ3) is 3.92. The molecule has 11 heavy (non-hydrogen) atoms. The molecule has 0 spiro atoms. The molecule has 0 rings (SSSR count). The fourth-order valence-electron chi connectivity index (χ4n) is 0.650. The van der Waals surface area contributed by atoms with E-state index in [1.54, 1.807) is 0 Å². The first-order valence-corrected chi connectivity index (χ1v) is 3.46. The molecule has 0 saturated carbocycles. The average molecular weight is 163 g/mol. The lowest BCUT2D eigenvalue weighted by molar-refractivity contribution is -0.369. The number of carboxylic acids is 1. The third-order valence-corrected chi connectivity index (χ3v) is 1.35. The second kappa shape index (κ2) is 4.27. The van der Waals surface area contributed by atoms with Crippen LogP contribution in [0.5, 0.6) is 0 Å². The van der Waals surface area contributed by atoms with Crippen LogP contribution in [0.3, 0.4) is 0 Å². The number of aliphatic hydroxyl groups is 2. The molecule has 0 saturated heterocycles. The molecule has 5 nitrogen and oxygen atoms in total. The number of unbranched alkanes of at least 4 members (excludes halogenated alkanes) is 1. The van der Waals surface area contributed by atoms with Gasteiger partial charge in [0, 0.05) is 6.42 Å². The first-order chi connectivity index (χ1) is 5.00. The highest BCUT2D eigenvalue weighted by molar-refractivity contribution is 5.72. The van der Waals surface area contributed by atoms with E-state index in [1.165, 1.54) is 0 Å². The zero-order chi connectivity index (χ0) is 8.91. The minimum absolute atomic E-state index is 0.204. The molecule has 0 unspecified atom stereocenters. The Bertz CT molecular complexity index is 135. The molecule has 0 radical (unpaired) electrons. The van der Waals surface area contributed by atoms with Gasteiger partial charge in [0.15, 0.2) is 0 Å². The monoisotopic (exact) mass is 163 g/mol. The lowest BCUT2D eigenvalue weighted by atomic mass is 10.1. The first-order valence-electron chi connectivity index (χ1n) is 3.46. The summed E-state index contributed by atoms with van der Waals surface area (Å²) >= 11 is 0. The Hall–Kier alpha value is -0.650. The van der Waals surface area contributed by atoms with Gasteiger partial charge in [-0.25, -0.2) is 0 Å². The summed E-state index contributed by atoms with van der Waals surface area (Å²) in [5.41, 5.74) is 3.52. The predicted molar refractivity (Wildman–Crippen MR) is 33.8 cm³/mol. The van der Waals surface area contributed by atoms with Crippen molar-refractivity contribution in [2.75, 3.05) is 6.54 Å². The molecule has 0 aliphatic carbocycles. The summed E-state index contributed by atoms with van der Waals surface area (Å²) < 4.78 is 0. The Labute approximate surface area is 64.4 Å². The van der Waals surface area contributed by atoms with E-state index in [0.717, 1.165) is 0 Å².